The summed E-state index contributed by atoms with van der Waals surface area (Å²) in [5.74, 6) is 1.05. The number of rotatable bonds is 7. The highest BCUT2D eigenvalue weighted by Gasteiger charge is 2.31. The number of aliphatic hydroxyl groups is 1. The SMILES string of the molecule is CCS(=O)(=O)CCCNCC1(O)CCCC(C)C1. The molecule has 2 atom stereocenters. The van der Waals surface area contributed by atoms with Gasteiger partial charge in [-0.1, -0.05) is 26.7 Å². The van der Waals surface area contributed by atoms with Gasteiger partial charge in [0.25, 0.3) is 0 Å². The highest BCUT2D eigenvalue weighted by molar-refractivity contribution is 7.91. The van der Waals surface area contributed by atoms with Gasteiger partial charge in [0.2, 0.25) is 0 Å². The van der Waals surface area contributed by atoms with Gasteiger partial charge in [0.15, 0.2) is 0 Å². The standard InChI is InChI=1S/C13H27NO3S/c1-3-18(16,17)9-5-8-14-11-13(15)7-4-6-12(2)10-13/h12,14-15H,3-11H2,1-2H3. The minimum absolute atomic E-state index is 0.217. The molecule has 0 bridgehead atoms. The van der Waals surface area contributed by atoms with E-state index in [9.17, 15) is 13.5 Å². The van der Waals surface area contributed by atoms with E-state index in [-0.39, 0.29) is 11.5 Å². The minimum atomic E-state index is -2.85. The average molecular weight is 277 g/mol. The van der Waals surface area contributed by atoms with Crippen molar-refractivity contribution in [2.45, 2.75) is 51.6 Å². The Kier molecular flexibility index (Phi) is 6.08. The van der Waals surface area contributed by atoms with E-state index in [1.807, 2.05) is 0 Å². The molecule has 0 aromatic carbocycles. The van der Waals surface area contributed by atoms with Gasteiger partial charge in [0, 0.05) is 12.3 Å². The zero-order chi connectivity index (χ0) is 13.6. The zero-order valence-corrected chi connectivity index (χ0v) is 12.4. The molecule has 4 nitrogen and oxygen atoms in total. The maximum absolute atomic E-state index is 11.3. The van der Waals surface area contributed by atoms with Gasteiger partial charge in [-0.2, -0.15) is 0 Å². The molecular weight excluding hydrogens is 250 g/mol. The summed E-state index contributed by atoms with van der Waals surface area (Å²) >= 11 is 0. The largest absolute Gasteiger partial charge is 0.389 e. The first-order valence-electron chi connectivity index (χ1n) is 7.00. The van der Waals surface area contributed by atoms with Gasteiger partial charge in [-0.15, -0.1) is 0 Å². The Morgan fingerprint density at radius 1 is 1.44 bits per heavy atom. The first kappa shape index (κ1) is 15.9. The van der Waals surface area contributed by atoms with Gasteiger partial charge in [-0.25, -0.2) is 8.42 Å². The summed E-state index contributed by atoms with van der Waals surface area (Å²) in [5.41, 5.74) is -0.582. The van der Waals surface area contributed by atoms with E-state index in [0.29, 0.717) is 25.4 Å². The van der Waals surface area contributed by atoms with Gasteiger partial charge in [-0.05, 0) is 31.7 Å². The van der Waals surface area contributed by atoms with E-state index in [1.54, 1.807) is 6.92 Å². The van der Waals surface area contributed by atoms with Crippen LogP contribution in [-0.4, -0.2) is 43.7 Å². The van der Waals surface area contributed by atoms with Crippen molar-refractivity contribution in [3.8, 4) is 0 Å². The molecule has 0 aromatic rings. The van der Waals surface area contributed by atoms with Crippen molar-refractivity contribution in [3.05, 3.63) is 0 Å². The van der Waals surface area contributed by atoms with E-state index in [0.717, 1.165) is 19.3 Å². The molecule has 1 aliphatic rings. The van der Waals surface area contributed by atoms with Gasteiger partial charge >= 0.3 is 0 Å². The van der Waals surface area contributed by atoms with Crippen molar-refractivity contribution < 1.29 is 13.5 Å². The molecule has 1 aliphatic carbocycles. The number of hydrogen-bond acceptors (Lipinski definition) is 4. The van der Waals surface area contributed by atoms with Crippen molar-refractivity contribution in [2.24, 2.45) is 5.92 Å². The van der Waals surface area contributed by atoms with Crippen LogP contribution in [0.3, 0.4) is 0 Å². The molecule has 0 spiro atoms. The van der Waals surface area contributed by atoms with Crippen molar-refractivity contribution in [2.75, 3.05) is 24.6 Å². The van der Waals surface area contributed by atoms with Gasteiger partial charge in [0.1, 0.15) is 9.84 Å². The summed E-state index contributed by atoms with van der Waals surface area (Å²) in [7, 11) is -2.85. The lowest BCUT2D eigenvalue weighted by Gasteiger charge is -2.35. The molecule has 1 fully saturated rings. The van der Waals surface area contributed by atoms with Crippen LogP contribution < -0.4 is 5.32 Å². The minimum Gasteiger partial charge on any atom is -0.389 e. The Bertz CT molecular complexity index is 342. The second-order valence-corrected chi connectivity index (χ2v) is 8.17. The fourth-order valence-corrected chi connectivity index (χ4v) is 3.55. The highest BCUT2D eigenvalue weighted by atomic mass is 32.2. The number of nitrogens with one attached hydrogen (secondary N) is 1. The van der Waals surface area contributed by atoms with Gasteiger partial charge in [-0.3, -0.25) is 0 Å². The van der Waals surface area contributed by atoms with Gasteiger partial charge < -0.3 is 10.4 Å². The second kappa shape index (κ2) is 6.87. The molecule has 108 valence electrons. The topological polar surface area (TPSA) is 66.4 Å². The Morgan fingerprint density at radius 3 is 2.78 bits per heavy atom. The normalized spacial score (nSPS) is 29.4. The Morgan fingerprint density at radius 2 is 2.17 bits per heavy atom. The van der Waals surface area contributed by atoms with Crippen LogP contribution in [0.4, 0.5) is 0 Å². The third-order valence-electron chi connectivity index (χ3n) is 3.77. The number of sulfone groups is 1. The van der Waals surface area contributed by atoms with Crippen LogP contribution in [0.15, 0.2) is 0 Å². The van der Waals surface area contributed by atoms with Crippen LogP contribution in [0, 0.1) is 5.92 Å². The van der Waals surface area contributed by atoms with E-state index in [4.69, 9.17) is 0 Å². The molecule has 5 heteroatoms. The molecule has 0 radical (unpaired) electrons. The molecule has 2 unspecified atom stereocenters. The van der Waals surface area contributed by atoms with Gasteiger partial charge in [0.05, 0.1) is 11.4 Å². The summed E-state index contributed by atoms with van der Waals surface area (Å²) in [6.07, 6.45) is 4.63. The van der Waals surface area contributed by atoms with E-state index in [1.165, 1.54) is 6.42 Å². The van der Waals surface area contributed by atoms with Crippen molar-refractivity contribution in [1.29, 1.82) is 0 Å². The summed E-state index contributed by atoms with van der Waals surface area (Å²) in [5, 5.41) is 13.6. The number of hydrogen-bond donors (Lipinski definition) is 2. The van der Waals surface area contributed by atoms with E-state index in [2.05, 4.69) is 12.2 Å². The van der Waals surface area contributed by atoms with Crippen LogP contribution in [0.1, 0.15) is 46.0 Å². The Balaban J connectivity index is 2.17. The summed E-state index contributed by atoms with van der Waals surface area (Å²) in [6, 6.07) is 0. The van der Waals surface area contributed by atoms with E-state index >= 15 is 0 Å². The fraction of sp³-hybridized carbons (Fsp3) is 1.00. The van der Waals surface area contributed by atoms with Crippen molar-refractivity contribution in [3.63, 3.8) is 0 Å². The molecule has 18 heavy (non-hydrogen) atoms. The quantitative estimate of drug-likeness (QED) is 0.689. The monoisotopic (exact) mass is 277 g/mol. The Hall–Kier alpha value is -0.130. The van der Waals surface area contributed by atoms with Crippen LogP contribution in [0.2, 0.25) is 0 Å². The van der Waals surface area contributed by atoms with Crippen LogP contribution in [0.5, 0.6) is 0 Å². The summed E-state index contributed by atoms with van der Waals surface area (Å²) < 4.78 is 22.6. The van der Waals surface area contributed by atoms with Crippen molar-refractivity contribution in [1.82, 2.24) is 5.32 Å². The second-order valence-electron chi connectivity index (χ2n) is 5.69. The molecule has 0 amide bonds. The third kappa shape index (κ3) is 5.67. The molecule has 0 heterocycles. The summed E-state index contributed by atoms with van der Waals surface area (Å²) in [6.45, 7) is 5.10. The first-order chi connectivity index (χ1) is 8.37. The first-order valence-corrected chi connectivity index (χ1v) is 8.82. The summed E-state index contributed by atoms with van der Waals surface area (Å²) in [4.78, 5) is 0. The van der Waals surface area contributed by atoms with Crippen LogP contribution >= 0.6 is 0 Å². The molecule has 1 rings (SSSR count). The molecule has 2 N–H and O–H groups in total. The Labute approximate surface area is 111 Å². The lowest BCUT2D eigenvalue weighted by Crippen LogP contribution is -2.44. The zero-order valence-electron chi connectivity index (χ0n) is 11.6. The predicted octanol–water partition coefficient (Wildman–Crippen LogP) is 1.34. The van der Waals surface area contributed by atoms with E-state index < -0.39 is 15.4 Å². The average Bonchev–Trinajstić information content (AvgIpc) is 2.28. The molecule has 1 saturated carbocycles. The lowest BCUT2D eigenvalue weighted by molar-refractivity contribution is -0.0115. The third-order valence-corrected chi connectivity index (χ3v) is 5.56. The van der Waals surface area contributed by atoms with Crippen molar-refractivity contribution >= 4 is 9.84 Å². The maximum Gasteiger partial charge on any atom is 0.150 e. The lowest BCUT2D eigenvalue weighted by atomic mass is 9.79. The highest BCUT2D eigenvalue weighted by Crippen LogP contribution is 2.31. The predicted molar refractivity (Wildman–Crippen MR) is 74.4 cm³/mol. The van der Waals surface area contributed by atoms with Crippen LogP contribution in [0.25, 0.3) is 0 Å². The molecular formula is C13H27NO3S. The molecule has 0 saturated heterocycles. The molecule has 0 aliphatic heterocycles. The smallest absolute Gasteiger partial charge is 0.150 e. The fourth-order valence-electron chi connectivity index (χ4n) is 2.68. The maximum atomic E-state index is 11.3. The molecule has 0 aromatic heterocycles. The van der Waals surface area contributed by atoms with Crippen LogP contribution in [-0.2, 0) is 9.84 Å².